The van der Waals surface area contributed by atoms with Gasteiger partial charge in [0.2, 0.25) is 0 Å². The van der Waals surface area contributed by atoms with Gasteiger partial charge in [0.15, 0.2) is 0 Å². The minimum atomic E-state index is 0.554. The van der Waals surface area contributed by atoms with Crippen LogP contribution >= 0.6 is 0 Å². The maximum Gasteiger partial charge on any atom is 0.120 e. The van der Waals surface area contributed by atoms with E-state index in [0.717, 1.165) is 18.7 Å². The Bertz CT molecular complexity index is 980. The van der Waals surface area contributed by atoms with Gasteiger partial charge in [0.25, 0.3) is 0 Å². The van der Waals surface area contributed by atoms with Crippen LogP contribution in [0.4, 0.5) is 0 Å². The maximum absolute atomic E-state index is 6.06. The zero-order chi connectivity index (χ0) is 19.5. The van der Waals surface area contributed by atoms with Crippen LogP contribution in [-0.2, 0) is 13.2 Å². The Kier molecular flexibility index (Phi) is 5.19. The summed E-state index contributed by atoms with van der Waals surface area (Å²) < 4.78 is 6.06. The molecule has 3 aromatic rings. The van der Waals surface area contributed by atoms with Gasteiger partial charge < -0.3 is 4.74 Å². The Morgan fingerprint density at radius 1 is 0.793 bits per heavy atom. The van der Waals surface area contributed by atoms with Crippen LogP contribution in [0.15, 0.2) is 91.0 Å². The lowest BCUT2D eigenvalue weighted by atomic mass is 9.94. The molecular formula is C27H27NO. The molecule has 2 heteroatoms. The van der Waals surface area contributed by atoms with E-state index >= 15 is 0 Å². The second-order valence-corrected chi connectivity index (χ2v) is 8.15. The third kappa shape index (κ3) is 4.13. The molecule has 0 saturated carbocycles. The molecule has 2 unspecified atom stereocenters. The van der Waals surface area contributed by atoms with Crippen molar-refractivity contribution in [3.8, 4) is 5.75 Å². The maximum atomic E-state index is 6.06. The second kappa shape index (κ2) is 8.26. The van der Waals surface area contributed by atoms with Crippen LogP contribution < -0.4 is 4.74 Å². The fourth-order valence-electron chi connectivity index (χ4n) is 4.70. The van der Waals surface area contributed by atoms with Crippen LogP contribution in [0.1, 0.15) is 36.0 Å². The minimum absolute atomic E-state index is 0.554. The molecule has 0 aliphatic carbocycles. The molecule has 29 heavy (non-hydrogen) atoms. The van der Waals surface area contributed by atoms with Crippen molar-refractivity contribution in [2.45, 2.75) is 44.5 Å². The van der Waals surface area contributed by atoms with Gasteiger partial charge in [-0.1, -0.05) is 78.9 Å². The average Bonchev–Trinajstić information content (AvgIpc) is 3.00. The first-order valence-corrected chi connectivity index (χ1v) is 10.6. The monoisotopic (exact) mass is 381 g/mol. The van der Waals surface area contributed by atoms with Gasteiger partial charge in [0, 0.05) is 18.6 Å². The van der Waals surface area contributed by atoms with Crippen molar-refractivity contribution in [2.24, 2.45) is 0 Å². The van der Waals surface area contributed by atoms with Gasteiger partial charge in [-0.15, -0.1) is 0 Å². The average molecular weight is 382 g/mol. The van der Waals surface area contributed by atoms with E-state index in [1.165, 1.54) is 35.1 Å². The lowest BCUT2D eigenvalue weighted by molar-refractivity contribution is 0.203. The van der Waals surface area contributed by atoms with Gasteiger partial charge in [0.05, 0.1) is 0 Å². The molecule has 2 aliphatic rings. The van der Waals surface area contributed by atoms with Crippen molar-refractivity contribution in [2.75, 3.05) is 0 Å². The van der Waals surface area contributed by atoms with Crippen LogP contribution in [0.2, 0.25) is 0 Å². The summed E-state index contributed by atoms with van der Waals surface area (Å²) in [5.74, 6) is 0.950. The molecule has 5 rings (SSSR count). The van der Waals surface area contributed by atoms with Crippen LogP contribution in [0.5, 0.6) is 5.75 Å². The van der Waals surface area contributed by atoms with Gasteiger partial charge in [-0.25, -0.2) is 0 Å². The Balaban J connectivity index is 1.30. The van der Waals surface area contributed by atoms with Crippen LogP contribution in [0.3, 0.4) is 0 Å². The summed E-state index contributed by atoms with van der Waals surface area (Å²) in [4.78, 5) is 2.69. The molecule has 146 valence electrons. The van der Waals surface area contributed by atoms with Crippen molar-refractivity contribution in [1.29, 1.82) is 0 Å². The van der Waals surface area contributed by atoms with Crippen molar-refractivity contribution < 1.29 is 4.74 Å². The Hall–Kier alpha value is -2.84. The second-order valence-electron chi connectivity index (χ2n) is 8.15. The number of ether oxygens (including phenoxy) is 1. The SMILES string of the molecule is C1=C(c2cccc(OCc3ccccc3)c2)CC2CCC1N2Cc1ccccc1. The van der Waals surface area contributed by atoms with Crippen molar-refractivity contribution in [1.82, 2.24) is 4.90 Å². The van der Waals surface area contributed by atoms with Gasteiger partial charge in [0.1, 0.15) is 12.4 Å². The summed E-state index contributed by atoms with van der Waals surface area (Å²) in [5.41, 5.74) is 5.40. The summed E-state index contributed by atoms with van der Waals surface area (Å²) >= 11 is 0. The molecule has 1 saturated heterocycles. The summed E-state index contributed by atoms with van der Waals surface area (Å²) in [6.45, 7) is 1.67. The van der Waals surface area contributed by atoms with Crippen LogP contribution in [-0.4, -0.2) is 17.0 Å². The fourth-order valence-corrected chi connectivity index (χ4v) is 4.70. The Labute approximate surface area is 173 Å². The van der Waals surface area contributed by atoms with Crippen molar-refractivity contribution >= 4 is 5.57 Å². The molecule has 2 aliphatic heterocycles. The number of nitrogens with zero attached hydrogens (tertiary/aromatic N) is 1. The van der Waals surface area contributed by atoms with E-state index in [2.05, 4.69) is 89.8 Å². The molecule has 0 N–H and O–H groups in total. The number of hydrogen-bond acceptors (Lipinski definition) is 2. The normalized spacial score (nSPS) is 21.0. The van der Waals surface area contributed by atoms with E-state index in [-0.39, 0.29) is 0 Å². The Morgan fingerprint density at radius 2 is 1.55 bits per heavy atom. The summed E-state index contributed by atoms with van der Waals surface area (Å²) in [6.07, 6.45) is 6.20. The first-order chi connectivity index (χ1) is 14.3. The Morgan fingerprint density at radius 3 is 2.31 bits per heavy atom. The van der Waals surface area contributed by atoms with Crippen molar-refractivity contribution in [3.05, 3.63) is 108 Å². The smallest absolute Gasteiger partial charge is 0.120 e. The molecular weight excluding hydrogens is 354 g/mol. The molecule has 1 fully saturated rings. The van der Waals surface area contributed by atoms with Crippen LogP contribution in [0, 0.1) is 0 Å². The van der Waals surface area contributed by atoms with E-state index in [1.807, 2.05) is 6.07 Å². The third-order valence-corrected chi connectivity index (χ3v) is 6.20. The van der Waals surface area contributed by atoms with Gasteiger partial charge in [-0.3, -0.25) is 4.90 Å². The van der Waals surface area contributed by atoms with Gasteiger partial charge >= 0.3 is 0 Å². The van der Waals surface area contributed by atoms with E-state index in [1.54, 1.807) is 0 Å². The molecule has 0 spiro atoms. The summed E-state index contributed by atoms with van der Waals surface area (Å²) in [5, 5.41) is 0. The third-order valence-electron chi connectivity index (χ3n) is 6.20. The number of benzene rings is 3. The lowest BCUT2D eigenvalue weighted by Gasteiger charge is -2.34. The molecule has 2 atom stereocenters. The molecule has 2 nitrogen and oxygen atoms in total. The summed E-state index contributed by atoms with van der Waals surface area (Å²) in [7, 11) is 0. The highest BCUT2D eigenvalue weighted by Crippen LogP contribution is 2.39. The molecule has 0 aromatic heterocycles. The topological polar surface area (TPSA) is 12.5 Å². The van der Waals surface area contributed by atoms with E-state index in [0.29, 0.717) is 18.7 Å². The molecule has 2 bridgehead atoms. The minimum Gasteiger partial charge on any atom is -0.489 e. The van der Waals surface area contributed by atoms with Crippen molar-refractivity contribution in [3.63, 3.8) is 0 Å². The number of fused-ring (bicyclic) bond motifs is 2. The standard InChI is InChI=1S/C27H27NO/c1-3-8-21(9-4-1)19-28-25-14-15-26(28)17-24(16-25)23-12-7-13-27(18-23)29-20-22-10-5-2-6-11-22/h1-13,16,18,25-26H,14-15,17,19-20H2. The number of hydrogen-bond donors (Lipinski definition) is 0. The number of rotatable bonds is 6. The highest BCUT2D eigenvalue weighted by atomic mass is 16.5. The first kappa shape index (κ1) is 18.2. The van der Waals surface area contributed by atoms with E-state index < -0.39 is 0 Å². The zero-order valence-electron chi connectivity index (χ0n) is 16.7. The first-order valence-electron chi connectivity index (χ1n) is 10.6. The quantitative estimate of drug-likeness (QED) is 0.512. The van der Waals surface area contributed by atoms with E-state index in [4.69, 9.17) is 4.74 Å². The van der Waals surface area contributed by atoms with Crippen LogP contribution in [0.25, 0.3) is 5.57 Å². The molecule has 2 heterocycles. The molecule has 3 aromatic carbocycles. The predicted octanol–water partition coefficient (Wildman–Crippen LogP) is 6.09. The molecule has 0 radical (unpaired) electrons. The largest absolute Gasteiger partial charge is 0.489 e. The van der Waals surface area contributed by atoms with Gasteiger partial charge in [-0.05, 0) is 53.7 Å². The van der Waals surface area contributed by atoms with E-state index in [9.17, 15) is 0 Å². The predicted molar refractivity (Wildman–Crippen MR) is 119 cm³/mol. The highest BCUT2D eigenvalue weighted by Gasteiger charge is 2.36. The highest BCUT2D eigenvalue weighted by molar-refractivity contribution is 5.69. The zero-order valence-corrected chi connectivity index (χ0v) is 16.7. The lowest BCUT2D eigenvalue weighted by Crippen LogP contribution is -2.37. The molecule has 0 amide bonds. The summed E-state index contributed by atoms with van der Waals surface area (Å²) in [6, 6.07) is 31.0. The fraction of sp³-hybridized carbons (Fsp3) is 0.259. The van der Waals surface area contributed by atoms with Gasteiger partial charge in [-0.2, -0.15) is 0 Å².